The van der Waals surface area contributed by atoms with E-state index >= 15 is 0 Å². The van der Waals surface area contributed by atoms with E-state index in [4.69, 9.17) is 5.73 Å². The standard InChI is InChI=1S/C15H16BrN3O4S/c1-10-2-4-13(5-3-10)24(22,23)19(8-14(17)21)15-7-11(16)6-12(9-20)18-15/h2-7,20H,8-9H2,1H3,(H2,17,21). The maximum Gasteiger partial charge on any atom is 0.265 e. The molecule has 1 aromatic carbocycles. The summed E-state index contributed by atoms with van der Waals surface area (Å²) in [5, 5.41) is 9.26. The van der Waals surface area contributed by atoms with Crippen molar-refractivity contribution in [1.82, 2.24) is 4.98 Å². The number of aliphatic hydroxyl groups excluding tert-OH is 1. The van der Waals surface area contributed by atoms with Gasteiger partial charge in [0, 0.05) is 4.47 Å². The summed E-state index contributed by atoms with van der Waals surface area (Å²) < 4.78 is 27.1. The molecular formula is C15H16BrN3O4S. The minimum absolute atomic E-state index is 0.00667. The van der Waals surface area contributed by atoms with Gasteiger partial charge in [-0.1, -0.05) is 33.6 Å². The number of aromatic nitrogens is 1. The maximum atomic E-state index is 12.9. The summed E-state index contributed by atoms with van der Waals surface area (Å²) >= 11 is 3.23. The molecule has 1 heterocycles. The minimum Gasteiger partial charge on any atom is -0.390 e. The lowest BCUT2D eigenvalue weighted by atomic mass is 10.2. The van der Waals surface area contributed by atoms with Gasteiger partial charge in [0.25, 0.3) is 10.0 Å². The van der Waals surface area contributed by atoms with Crippen molar-refractivity contribution in [3.8, 4) is 0 Å². The molecule has 0 radical (unpaired) electrons. The van der Waals surface area contributed by atoms with Crippen molar-refractivity contribution in [2.24, 2.45) is 5.73 Å². The fourth-order valence-corrected chi connectivity index (χ4v) is 3.85. The first-order chi connectivity index (χ1) is 11.2. The van der Waals surface area contributed by atoms with Crippen molar-refractivity contribution in [2.45, 2.75) is 18.4 Å². The van der Waals surface area contributed by atoms with E-state index < -0.39 is 22.5 Å². The summed E-state index contributed by atoms with van der Waals surface area (Å²) in [6.45, 7) is 0.896. The Morgan fingerprint density at radius 2 is 1.92 bits per heavy atom. The van der Waals surface area contributed by atoms with Gasteiger partial charge in [-0.2, -0.15) is 0 Å². The van der Waals surface area contributed by atoms with E-state index in [1.54, 1.807) is 18.2 Å². The van der Waals surface area contributed by atoms with E-state index in [-0.39, 0.29) is 23.0 Å². The van der Waals surface area contributed by atoms with Gasteiger partial charge in [-0.3, -0.25) is 4.79 Å². The third-order valence-electron chi connectivity index (χ3n) is 3.16. The predicted octanol–water partition coefficient (Wildman–Crippen LogP) is 1.33. The van der Waals surface area contributed by atoms with E-state index in [2.05, 4.69) is 20.9 Å². The molecule has 7 nitrogen and oxygen atoms in total. The van der Waals surface area contributed by atoms with Gasteiger partial charge in [-0.05, 0) is 31.2 Å². The summed E-state index contributed by atoms with van der Waals surface area (Å²) in [4.78, 5) is 15.5. The number of aliphatic hydroxyl groups is 1. The Labute approximate surface area is 148 Å². The van der Waals surface area contributed by atoms with Crippen LogP contribution in [0.25, 0.3) is 0 Å². The molecular weight excluding hydrogens is 398 g/mol. The SMILES string of the molecule is Cc1ccc(S(=O)(=O)N(CC(N)=O)c2cc(Br)cc(CO)n2)cc1. The summed E-state index contributed by atoms with van der Waals surface area (Å²) in [6.07, 6.45) is 0. The number of anilines is 1. The molecule has 0 bridgehead atoms. The molecule has 0 saturated heterocycles. The average molecular weight is 414 g/mol. The van der Waals surface area contributed by atoms with E-state index in [1.807, 2.05) is 6.92 Å². The lowest BCUT2D eigenvalue weighted by Gasteiger charge is -2.23. The number of hydrogen-bond acceptors (Lipinski definition) is 5. The highest BCUT2D eigenvalue weighted by Gasteiger charge is 2.28. The monoisotopic (exact) mass is 413 g/mol. The van der Waals surface area contributed by atoms with Crippen LogP contribution in [0, 0.1) is 6.92 Å². The van der Waals surface area contributed by atoms with Crippen molar-refractivity contribution in [3.63, 3.8) is 0 Å². The third kappa shape index (κ3) is 4.11. The number of nitrogens with zero attached hydrogens (tertiary/aromatic N) is 2. The number of primary amides is 1. The first-order valence-electron chi connectivity index (χ1n) is 6.89. The zero-order valence-corrected chi connectivity index (χ0v) is 15.2. The van der Waals surface area contributed by atoms with E-state index in [0.29, 0.717) is 4.47 Å². The van der Waals surface area contributed by atoms with Crippen molar-refractivity contribution >= 4 is 37.7 Å². The Morgan fingerprint density at radius 3 is 2.46 bits per heavy atom. The van der Waals surface area contributed by atoms with Crippen LogP contribution in [0.3, 0.4) is 0 Å². The first kappa shape index (κ1) is 18.4. The number of nitrogens with two attached hydrogens (primary N) is 1. The number of sulfonamides is 1. The Hall–Kier alpha value is -1.97. The van der Waals surface area contributed by atoms with Gasteiger partial charge < -0.3 is 10.8 Å². The lowest BCUT2D eigenvalue weighted by molar-refractivity contribution is -0.116. The molecule has 24 heavy (non-hydrogen) atoms. The topological polar surface area (TPSA) is 114 Å². The fraction of sp³-hybridized carbons (Fsp3) is 0.200. The second kappa shape index (κ2) is 7.29. The van der Waals surface area contributed by atoms with Crippen LogP contribution in [-0.2, 0) is 21.4 Å². The number of pyridine rings is 1. The number of aryl methyl sites for hydroxylation is 1. The first-order valence-corrected chi connectivity index (χ1v) is 9.12. The number of halogens is 1. The summed E-state index contributed by atoms with van der Waals surface area (Å²) in [7, 11) is -4.04. The molecule has 0 atom stereocenters. The number of rotatable bonds is 6. The molecule has 0 spiro atoms. The Bertz CT molecular complexity index is 854. The van der Waals surface area contributed by atoms with Crippen LogP contribution in [0.15, 0.2) is 45.8 Å². The molecule has 2 rings (SSSR count). The van der Waals surface area contributed by atoms with E-state index in [0.717, 1.165) is 9.87 Å². The molecule has 0 unspecified atom stereocenters. The molecule has 0 aliphatic heterocycles. The molecule has 0 saturated carbocycles. The zero-order chi connectivity index (χ0) is 17.9. The van der Waals surface area contributed by atoms with Gasteiger partial charge in [-0.15, -0.1) is 0 Å². The fourth-order valence-electron chi connectivity index (χ4n) is 2.01. The molecule has 1 aromatic heterocycles. The highest BCUT2D eigenvalue weighted by Crippen LogP contribution is 2.25. The van der Waals surface area contributed by atoms with Gasteiger partial charge in [0.05, 0.1) is 17.2 Å². The lowest BCUT2D eigenvalue weighted by Crippen LogP contribution is -2.39. The molecule has 3 N–H and O–H groups in total. The molecule has 0 aliphatic carbocycles. The molecule has 0 aliphatic rings. The second-order valence-electron chi connectivity index (χ2n) is 5.08. The Balaban J connectivity index is 2.58. The number of hydrogen-bond donors (Lipinski definition) is 2. The van der Waals surface area contributed by atoms with Crippen LogP contribution in [0.1, 0.15) is 11.3 Å². The quantitative estimate of drug-likeness (QED) is 0.740. The average Bonchev–Trinajstić information content (AvgIpc) is 2.52. The van der Waals surface area contributed by atoms with Gasteiger partial charge >= 0.3 is 0 Å². The zero-order valence-electron chi connectivity index (χ0n) is 12.8. The molecule has 9 heteroatoms. The van der Waals surface area contributed by atoms with Gasteiger partial charge in [-0.25, -0.2) is 17.7 Å². The van der Waals surface area contributed by atoms with Crippen LogP contribution in [0.4, 0.5) is 5.82 Å². The third-order valence-corrected chi connectivity index (χ3v) is 5.38. The maximum absolute atomic E-state index is 12.9. The number of amides is 1. The van der Waals surface area contributed by atoms with Crippen LogP contribution in [-0.4, -0.2) is 31.0 Å². The largest absolute Gasteiger partial charge is 0.390 e. The highest BCUT2D eigenvalue weighted by atomic mass is 79.9. The number of carbonyl (C=O) groups excluding carboxylic acids is 1. The predicted molar refractivity (Wildman–Crippen MR) is 92.8 cm³/mol. The number of carbonyl (C=O) groups is 1. The van der Waals surface area contributed by atoms with Crippen molar-refractivity contribution < 1.29 is 18.3 Å². The Kier molecular flexibility index (Phi) is 5.58. The summed E-state index contributed by atoms with van der Waals surface area (Å²) in [6, 6.07) is 9.19. The molecule has 1 amide bonds. The summed E-state index contributed by atoms with van der Waals surface area (Å²) in [5.74, 6) is -0.828. The van der Waals surface area contributed by atoms with E-state index in [1.165, 1.54) is 18.2 Å². The number of benzene rings is 1. The van der Waals surface area contributed by atoms with Crippen molar-refractivity contribution in [1.29, 1.82) is 0 Å². The molecule has 128 valence electrons. The van der Waals surface area contributed by atoms with Gasteiger partial charge in [0.15, 0.2) is 0 Å². The minimum atomic E-state index is -4.04. The normalized spacial score (nSPS) is 11.3. The van der Waals surface area contributed by atoms with Crippen molar-refractivity contribution in [3.05, 3.63) is 52.1 Å². The Morgan fingerprint density at radius 1 is 1.29 bits per heavy atom. The second-order valence-corrected chi connectivity index (χ2v) is 7.86. The van der Waals surface area contributed by atoms with Crippen LogP contribution in [0.5, 0.6) is 0 Å². The van der Waals surface area contributed by atoms with Crippen LogP contribution in [0.2, 0.25) is 0 Å². The van der Waals surface area contributed by atoms with Crippen LogP contribution >= 0.6 is 15.9 Å². The van der Waals surface area contributed by atoms with E-state index in [9.17, 15) is 18.3 Å². The highest BCUT2D eigenvalue weighted by molar-refractivity contribution is 9.10. The van der Waals surface area contributed by atoms with Gasteiger partial charge in [0.1, 0.15) is 12.4 Å². The van der Waals surface area contributed by atoms with Crippen LogP contribution < -0.4 is 10.0 Å². The van der Waals surface area contributed by atoms with Crippen molar-refractivity contribution in [2.75, 3.05) is 10.8 Å². The smallest absolute Gasteiger partial charge is 0.265 e. The molecule has 0 fully saturated rings. The molecule has 2 aromatic rings. The summed E-state index contributed by atoms with van der Waals surface area (Å²) in [5.41, 5.74) is 6.36. The van der Waals surface area contributed by atoms with Gasteiger partial charge in [0.2, 0.25) is 5.91 Å².